The quantitative estimate of drug-likeness (QED) is 0.207. The predicted octanol–water partition coefficient (Wildman–Crippen LogP) is 11.4. The van der Waals surface area contributed by atoms with E-state index < -0.39 is 0 Å². The van der Waals surface area contributed by atoms with Crippen molar-refractivity contribution >= 4 is 53.1 Å². The average molecular weight is 513 g/mol. The lowest BCUT2D eigenvalue weighted by Gasteiger charge is -2.19. The lowest BCUT2D eigenvalue weighted by molar-refractivity contribution is 1.66. The molecule has 182 valence electrons. The van der Waals surface area contributed by atoms with E-state index in [1.807, 2.05) is 11.3 Å². The Kier molecular flexibility index (Phi) is 5.11. The largest absolute Gasteiger partial charge is 0.135 e. The Balaban J connectivity index is 1.56. The third-order valence-corrected chi connectivity index (χ3v) is 9.08. The summed E-state index contributed by atoms with van der Waals surface area (Å²) >= 11 is 1.90. The molecule has 8 rings (SSSR count). The summed E-state index contributed by atoms with van der Waals surface area (Å²) in [6.45, 7) is 0. The van der Waals surface area contributed by atoms with Gasteiger partial charge < -0.3 is 0 Å². The Labute approximate surface area is 231 Å². The molecule has 0 atom stereocenters. The third-order valence-electron chi connectivity index (χ3n) is 7.87. The van der Waals surface area contributed by atoms with Crippen molar-refractivity contribution in [1.29, 1.82) is 0 Å². The van der Waals surface area contributed by atoms with Gasteiger partial charge in [0.2, 0.25) is 0 Å². The monoisotopic (exact) mass is 512 g/mol. The van der Waals surface area contributed by atoms with Crippen molar-refractivity contribution in [2.75, 3.05) is 0 Å². The number of rotatable bonds is 3. The van der Waals surface area contributed by atoms with Crippen LogP contribution in [-0.4, -0.2) is 0 Å². The first kappa shape index (κ1) is 22.3. The van der Waals surface area contributed by atoms with Crippen molar-refractivity contribution in [3.8, 4) is 33.4 Å². The summed E-state index contributed by atoms with van der Waals surface area (Å²) < 4.78 is 2.67. The minimum absolute atomic E-state index is 1.25. The molecule has 0 saturated heterocycles. The molecule has 7 aromatic carbocycles. The Morgan fingerprint density at radius 2 is 0.795 bits per heavy atom. The molecule has 0 fully saturated rings. The van der Waals surface area contributed by atoms with Crippen molar-refractivity contribution in [3.05, 3.63) is 146 Å². The Bertz CT molecular complexity index is 2090. The summed E-state index contributed by atoms with van der Waals surface area (Å²) in [4.78, 5) is 0. The minimum Gasteiger partial charge on any atom is -0.135 e. The number of fused-ring (bicyclic) bond motifs is 5. The van der Waals surface area contributed by atoms with Gasteiger partial charge in [0.1, 0.15) is 0 Å². The molecule has 0 radical (unpaired) electrons. The second-order valence-corrected chi connectivity index (χ2v) is 11.1. The first-order chi connectivity index (χ1) is 19.4. The highest BCUT2D eigenvalue weighted by Gasteiger charge is 2.21. The zero-order valence-electron chi connectivity index (χ0n) is 21.3. The summed E-state index contributed by atoms with van der Waals surface area (Å²) in [5.74, 6) is 0. The zero-order valence-corrected chi connectivity index (χ0v) is 22.1. The van der Waals surface area contributed by atoms with Gasteiger partial charge in [-0.15, -0.1) is 11.3 Å². The summed E-state index contributed by atoms with van der Waals surface area (Å²) in [5, 5.41) is 7.83. The molecule has 0 saturated carbocycles. The molecule has 0 nitrogen and oxygen atoms in total. The molecule has 1 heteroatoms. The van der Waals surface area contributed by atoms with E-state index in [1.54, 1.807) is 0 Å². The van der Waals surface area contributed by atoms with Gasteiger partial charge in [0, 0.05) is 20.2 Å². The van der Waals surface area contributed by atoms with Crippen molar-refractivity contribution in [2.24, 2.45) is 0 Å². The van der Waals surface area contributed by atoms with Gasteiger partial charge in [0.25, 0.3) is 0 Å². The lowest BCUT2D eigenvalue weighted by Crippen LogP contribution is -1.91. The number of hydrogen-bond donors (Lipinski definition) is 0. The van der Waals surface area contributed by atoms with E-state index >= 15 is 0 Å². The molecule has 1 heterocycles. The molecule has 0 aliphatic heterocycles. The summed E-state index contributed by atoms with van der Waals surface area (Å²) in [7, 11) is 0. The molecule has 0 unspecified atom stereocenters. The molecule has 0 aliphatic carbocycles. The fourth-order valence-electron chi connectivity index (χ4n) is 6.22. The van der Waals surface area contributed by atoms with Crippen molar-refractivity contribution in [2.45, 2.75) is 0 Å². The molecular weight excluding hydrogens is 488 g/mol. The zero-order chi connectivity index (χ0) is 25.8. The van der Waals surface area contributed by atoms with Crippen LogP contribution in [0.1, 0.15) is 0 Å². The van der Waals surface area contributed by atoms with Crippen molar-refractivity contribution in [3.63, 3.8) is 0 Å². The topological polar surface area (TPSA) is 0 Å². The number of thiophene rings is 1. The second kappa shape index (κ2) is 8.94. The minimum atomic E-state index is 1.25. The molecule has 1 aromatic heterocycles. The highest BCUT2D eigenvalue weighted by Crippen LogP contribution is 2.49. The molecule has 0 N–H and O–H groups in total. The van der Waals surface area contributed by atoms with Crippen LogP contribution >= 0.6 is 11.3 Å². The fraction of sp³-hybridized carbons (Fsp3) is 0. The average Bonchev–Trinajstić information content (AvgIpc) is 3.40. The maximum absolute atomic E-state index is 2.36. The van der Waals surface area contributed by atoms with Crippen molar-refractivity contribution in [1.82, 2.24) is 0 Å². The van der Waals surface area contributed by atoms with E-state index in [1.165, 1.54) is 75.1 Å². The first-order valence-corrected chi connectivity index (χ1v) is 14.2. The van der Waals surface area contributed by atoms with Gasteiger partial charge in [-0.3, -0.25) is 0 Å². The van der Waals surface area contributed by atoms with E-state index in [9.17, 15) is 0 Å². The van der Waals surface area contributed by atoms with Gasteiger partial charge in [0.15, 0.2) is 0 Å². The van der Waals surface area contributed by atoms with Crippen LogP contribution in [0.4, 0.5) is 0 Å². The van der Waals surface area contributed by atoms with Crippen LogP contribution in [0.15, 0.2) is 146 Å². The van der Waals surface area contributed by atoms with Crippen LogP contribution in [0.2, 0.25) is 0 Å². The molecule has 0 bridgehead atoms. The molecule has 39 heavy (non-hydrogen) atoms. The number of benzene rings is 7. The molecule has 0 aliphatic rings. The summed E-state index contributed by atoms with van der Waals surface area (Å²) in [5.41, 5.74) is 7.72. The van der Waals surface area contributed by atoms with Gasteiger partial charge in [-0.2, -0.15) is 0 Å². The molecule has 0 spiro atoms. The summed E-state index contributed by atoms with van der Waals surface area (Å²) in [6.07, 6.45) is 0. The highest BCUT2D eigenvalue weighted by atomic mass is 32.1. The standard InChI is InChI=1S/C38H24S/c1-3-13-25(14-4-1)27-23-24-33(37-32-21-11-12-22-34(32)39-38(27)37)36-30-19-9-7-17-28(30)35(26-15-5-2-6-16-26)29-18-8-10-20-31(29)36/h1-24H. The smallest absolute Gasteiger partial charge is 0.0440 e. The molecular formula is C38H24S. The van der Waals surface area contributed by atoms with E-state index in [2.05, 4.69) is 146 Å². The van der Waals surface area contributed by atoms with Gasteiger partial charge in [-0.25, -0.2) is 0 Å². The maximum atomic E-state index is 2.36. The molecule has 0 amide bonds. The maximum Gasteiger partial charge on any atom is 0.0440 e. The van der Waals surface area contributed by atoms with Crippen LogP contribution in [0.5, 0.6) is 0 Å². The highest BCUT2D eigenvalue weighted by molar-refractivity contribution is 7.26. The summed E-state index contributed by atoms with van der Waals surface area (Å²) in [6, 6.07) is 53.0. The van der Waals surface area contributed by atoms with Crippen LogP contribution in [-0.2, 0) is 0 Å². The first-order valence-electron chi connectivity index (χ1n) is 13.4. The van der Waals surface area contributed by atoms with Crippen LogP contribution in [0.25, 0.3) is 75.1 Å². The van der Waals surface area contributed by atoms with Gasteiger partial charge in [0.05, 0.1) is 0 Å². The SMILES string of the molecule is c1ccc(-c2c3ccccc3c(-c3ccc(-c4ccccc4)c4sc5ccccc5c34)c3ccccc23)cc1. The molecule has 8 aromatic rings. The van der Waals surface area contributed by atoms with Crippen LogP contribution < -0.4 is 0 Å². The van der Waals surface area contributed by atoms with E-state index in [0.29, 0.717) is 0 Å². The predicted molar refractivity (Wildman–Crippen MR) is 171 cm³/mol. The normalized spacial score (nSPS) is 11.6. The number of hydrogen-bond acceptors (Lipinski definition) is 1. The van der Waals surface area contributed by atoms with Crippen molar-refractivity contribution < 1.29 is 0 Å². The van der Waals surface area contributed by atoms with E-state index in [4.69, 9.17) is 0 Å². The van der Waals surface area contributed by atoms with Gasteiger partial charge in [-0.1, -0.05) is 140 Å². The van der Waals surface area contributed by atoms with E-state index in [-0.39, 0.29) is 0 Å². The van der Waals surface area contributed by atoms with Crippen LogP contribution in [0.3, 0.4) is 0 Å². The van der Waals surface area contributed by atoms with E-state index in [0.717, 1.165) is 0 Å². The fourth-order valence-corrected chi connectivity index (χ4v) is 7.48. The Morgan fingerprint density at radius 3 is 1.41 bits per heavy atom. The second-order valence-electron chi connectivity index (χ2n) is 10.0. The third kappa shape index (κ3) is 3.44. The Morgan fingerprint density at radius 1 is 0.333 bits per heavy atom. The van der Waals surface area contributed by atoms with Gasteiger partial charge in [-0.05, 0) is 61.0 Å². The van der Waals surface area contributed by atoms with Crippen LogP contribution in [0, 0.1) is 0 Å². The van der Waals surface area contributed by atoms with Gasteiger partial charge >= 0.3 is 0 Å². The Hall–Kier alpha value is -4.72. The lowest BCUT2D eigenvalue weighted by atomic mass is 9.84.